The van der Waals surface area contributed by atoms with Gasteiger partial charge in [0.25, 0.3) is 12.4 Å². The van der Waals surface area contributed by atoms with Crippen molar-refractivity contribution in [1.82, 2.24) is 10.2 Å². The first-order chi connectivity index (χ1) is 10.2. The lowest BCUT2D eigenvalue weighted by Gasteiger charge is -2.08. The molecule has 0 aliphatic carbocycles. The molecule has 8 heteroatoms. The zero-order chi connectivity index (χ0) is 15.2. The Hall–Kier alpha value is -1.99. The average Bonchev–Trinajstić information content (AvgIpc) is 2.92. The molecular weight excluding hydrogens is 314 g/mol. The number of nitrogens with one attached hydrogen (secondary N) is 2. The molecule has 1 heterocycles. The zero-order valence-corrected chi connectivity index (χ0v) is 12.6. The molecule has 0 saturated heterocycles. The van der Waals surface area contributed by atoms with Crippen LogP contribution in [0.4, 0.5) is 5.69 Å². The van der Waals surface area contributed by atoms with Crippen LogP contribution in [0.25, 0.3) is 0 Å². The Bertz CT molecular complexity index is 660. The van der Waals surface area contributed by atoms with Crippen LogP contribution in [-0.2, 0) is 16.1 Å². The first-order valence-electron chi connectivity index (χ1n) is 5.88. The molecule has 110 valence electrons. The highest BCUT2D eigenvalue weighted by Crippen LogP contribution is 2.24. The summed E-state index contributed by atoms with van der Waals surface area (Å²) in [7, 11) is 0. The highest BCUT2D eigenvalue weighted by atomic mass is 35.5. The predicted molar refractivity (Wildman–Crippen MR) is 80.6 cm³/mol. The molecule has 0 aliphatic heterocycles. The second-order valence-electron chi connectivity index (χ2n) is 3.97. The van der Waals surface area contributed by atoms with E-state index in [2.05, 4.69) is 20.3 Å². The van der Waals surface area contributed by atoms with E-state index in [9.17, 15) is 9.59 Å². The number of nitrogens with zero attached hydrogens (tertiary/aromatic N) is 1. The molecule has 2 rings (SSSR count). The summed E-state index contributed by atoms with van der Waals surface area (Å²) in [5, 5.41) is 9.50. The van der Waals surface area contributed by atoms with E-state index < -0.39 is 0 Å². The second-order valence-corrected chi connectivity index (χ2v) is 5.26. The summed E-state index contributed by atoms with van der Waals surface area (Å²) in [5.41, 5.74) is 1.30. The van der Waals surface area contributed by atoms with Crippen molar-refractivity contribution >= 4 is 41.4 Å². The topological polar surface area (TPSA) is 84.1 Å². The lowest BCUT2D eigenvalue weighted by atomic mass is 10.2. The van der Waals surface area contributed by atoms with Gasteiger partial charge in [0, 0.05) is 4.90 Å². The van der Waals surface area contributed by atoms with E-state index in [4.69, 9.17) is 11.6 Å². The molecule has 1 aromatic carbocycles. The number of aromatic nitrogens is 2. The van der Waals surface area contributed by atoms with Crippen molar-refractivity contribution in [3.05, 3.63) is 40.7 Å². The summed E-state index contributed by atoms with van der Waals surface area (Å²) in [6.45, 7) is 0.322. The molecule has 0 aliphatic rings. The van der Waals surface area contributed by atoms with Crippen molar-refractivity contribution < 1.29 is 14.3 Å². The number of carbonyl (C=O) groups excluding carboxylic acids is 2. The van der Waals surface area contributed by atoms with Gasteiger partial charge in [0.05, 0.1) is 28.2 Å². The second kappa shape index (κ2) is 7.14. The highest BCUT2D eigenvalue weighted by Gasteiger charge is 2.14. The van der Waals surface area contributed by atoms with Gasteiger partial charge >= 0.3 is 0 Å². The Morgan fingerprint density at radius 2 is 2.38 bits per heavy atom. The fourth-order valence-corrected chi connectivity index (χ4v) is 2.29. The van der Waals surface area contributed by atoms with Crippen molar-refractivity contribution in [1.29, 1.82) is 0 Å². The molecular formula is C13H12ClN3O3S. The molecule has 0 atom stereocenters. The Morgan fingerprint density at radius 3 is 3.10 bits per heavy atom. The number of thioether (sulfide) groups is 1. The Balaban J connectivity index is 2.18. The van der Waals surface area contributed by atoms with Crippen LogP contribution in [0.5, 0.6) is 0 Å². The van der Waals surface area contributed by atoms with Crippen LogP contribution in [0.1, 0.15) is 16.1 Å². The maximum absolute atomic E-state index is 12.3. The molecule has 6 nitrogen and oxygen atoms in total. The third-order valence-electron chi connectivity index (χ3n) is 2.68. The van der Waals surface area contributed by atoms with Crippen molar-refractivity contribution in [2.75, 3.05) is 11.6 Å². The molecule has 1 aromatic heterocycles. The van der Waals surface area contributed by atoms with Crippen LogP contribution in [0.15, 0.2) is 29.3 Å². The van der Waals surface area contributed by atoms with Gasteiger partial charge in [0.1, 0.15) is 6.61 Å². The minimum atomic E-state index is -0.357. The molecule has 2 N–H and O–H groups in total. The number of hydrogen-bond donors (Lipinski definition) is 2. The van der Waals surface area contributed by atoms with Crippen LogP contribution in [-0.4, -0.2) is 28.8 Å². The van der Waals surface area contributed by atoms with Gasteiger partial charge in [-0.15, -0.1) is 11.8 Å². The number of rotatable bonds is 6. The predicted octanol–water partition coefficient (Wildman–Crippen LogP) is 2.71. The lowest BCUT2D eigenvalue weighted by Crippen LogP contribution is -2.13. The van der Waals surface area contributed by atoms with E-state index in [1.807, 2.05) is 12.3 Å². The minimum absolute atomic E-state index is 0.00228. The van der Waals surface area contributed by atoms with Crippen molar-refractivity contribution in [2.24, 2.45) is 0 Å². The van der Waals surface area contributed by atoms with E-state index >= 15 is 0 Å². The van der Waals surface area contributed by atoms with Crippen molar-refractivity contribution in [3.8, 4) is 0 Å². The fraction of sp³-hybridized carbons (Fsp3) is 0.154. The Morgan fingerprint density at radius 1 is 1.57 bits per heavy atom. The van der Waals surface area contributed by atoms with E-state index in [-0.39, 0.29) is 12.5 Å². The summed E-state index contributed by atoms with van der Waals surface area (Å²) >= 11 is 7.56. The Kier molecular flexibility index (Phi) is 5.24. The number of anilines is 1. The first kappa shape index (κ1) is 15.4. The summed E-state index contributed by atoms with van der Waals surface area (Å²) in [4.78, 5) is 23.4. The van der Waals surface area contributed by atoms with Crippen LogP contribution in [0.2, 0.25) is 5.02 Å². The molecule has 2 aromatic rings. The third kappa shape index (κ3) is 3.77. The maximum atomic E-state index is 12.3. The molecule has 0 radical (unpaired) electrons. The van der Waals surface area contributed by atoms with Gasteiger partial charge in [-0.25, -0.2) is 0 Å². The van der Waals surface area contributed by atoms with Crippen LogP contribution < -0.4 is 5.32 Å². The van der Waals surface area contributed by atoms with Gasteiger partial charge in [0.15, 0.2) is 0 Å². The summed E-state index contributed by atoms with van der Waals surface area (Å²) in [6, 6.07) is 5.23. The molecule has 0 spiro atoms. The maximum Gasteiger partial charge on any atom is 0.293 e. The van der Waals surface area contributed by atoms with E-state index in [0.717, 1.165) is 4.90 Å². The van der Waals surface area contributed by atoms with Crippen molar-refractivity contribution in [3.63, 3.8) is 0 Å². The number of hydrogen-bond acceptors (Lipinski definition) is 5. The summed E-state index contributed by atoms with van der Waals surface area (Å²) in [5.74, 6) is -0.357. The van der Waals surface area contributed by atoms with Gasteiger partial charge in [-0.2, -0.15) is 5.10 Å². The van der Waals surface area contributed by atoms with Crippen LogP contribution >= 0.6 is 23.4 Å². The summed E-state index contributed by atoms with van der Waals surface area (Å²) < 4.78 is 4.63. The fourth-order valence-electron chi connectivity index (χ4n) is 1.64. The largest absolute Gasteiger partial charge is 0.461 e. The van der Waals surface area contributed by atoms with Gasteiger partial charge in [0.2, 0.25) is 0 Å². The van der Waals surface area contributed by atoms with Crippen LogP contribution in [0, 0.1) is 0 Å². The standard InChI is InChI=1S/C13H12ClN3O3S/c1-21-8-2-3-10(14)9(4-8)13(19)16-11-5-15-17-12(11)6-20-7-18/h2-5,7H,6H2,1H3,(H,15,17)(H,16,19). The highest BCUT2D eigenvalue weighted by molar-refractivity contribution is 7.98. The molecule has 0 fully saturated rings. The van der Waals surface area contributed by atoms with Gasteiger partial charge in [-0.1, -0.05) is 11.6 Å². The Labute approximate surface area is 130 Å². The molecule has 1 amide bonds. The molecule has 0 bridgehead atoms. The molecule has 0 saturated carbocycles. The number of halogens is 1. The van der Waals surface area contributed by atoms with E-state index in [1.165, 1.54) is 18.0 Å². The quantitative estimate of drug-likeness (QED) is 0.630. The van der Waals surface area contributed by atoms with Crippen LogP contribution in [0.3, 0.4) is 0 Å². The zero-order valence-electron chi connectivity index (χ0n) is 11.1. The molecule has 0 unspecified atom stereocenters. The number of benzene rings is 1. The number of carbonyl (C=O) groups is 2. The third-order valence-corrected chi connectivity index (χ3v) is 3.74. The first-order valence-corrected chi connectivity index (χ1v) is 7.48. The minimum Gasteiger partial charge on any atom is -0.461 e. The van der Waals surface area contributed by atoms with Gasteiger partial charge in [-0.3, -0.25) is 14.7 Å². The van der Waals surface area contributed by atoms with E-state index in [0.29, 0.717) is 28.4 Å². The monoisotopic (exact) mass is 325 g/mol. The smallest absolute Gasteiger partial charge is 0.293 e. The SMILES string of the molecule is CSc1ccc(Cl)c(C(=O)Nc2cn[nH]c2COC=O)c1. The van der Waals surface area contributed by atoms with Gasteiger partial charge < -0.3 is 10.1 Å². The summed E-state index contributed by atoms with van der Waals surface area (Å²) in [6.07, 6.45) is 3.35. The number of amides is 1. The van der Waals surface area contributed by atoms with Gasteiger partial charge in [-0.05, 0) is 24.5 Å². The number of H-pyrrole nitrogens is 1. The number of ether oxygens (including phenoxy) is 1. The average molecular weight is 326 g/mol. The van der Waals surface area contributed by atoms with E-state index in [1.54, 1.807) is 12.1 Å². The van der Waals surface area contributed by atoms with Crippen molar-refractivity contribution in [2.45, 2.75) is 11.5 Å². The number of aromatic amines is 1. The lowest BCUT2D eigenvalue weighted by molar-refractivity contribution is -0.129. The molecule has 21 heavy (non-hydrogen) atoms. The normalized spacial score (nSPS) is 10.2.